The molecule has 0 radical (unpaired) electrons. The van der Waals surface area contributed by atoms with Crippen molar-refractivity contribution in [3.8, 4) is 0 Å². The van der Waals surface area contributed by atoms with Crippen LogP contribution in [0, 0.1) is 6.92 Å². The molecule has 0 aliphatic carbocycles. The summed E-state index contributed by atoms with van der Waals surface area (Å²) in [7, 11) is 0. The van der Waals surface area contributed by atoms with Gasteiger partial charge in [-0.05, 0) is 25.5 Å². The Morgan fingerprint density at radius 1 is 1.31 bits per heavy atom. The summed E-state index contributed by atoms with van der Waals surface area (Å²) in [6.45, 7) is 4.02. The number of anilines is 1. The van der Waals surface area contributed by atoms with Crippen molar-refractivity contribution < 1.29 is 0 Å². The van der Waals surface area contributed by atoms with E-state index >= 15 is 0 Å². The lowest BCUT2D eigenvalue weighted by Gasteiger charge is -2.14. The van der Waals surface area contributed by atoms with E-state index in [1.807, 2.05) is 31.3 Å². The summed E-state index contributed by atoms with van der Waals surface area (Å²) in [6, 6.07) is 6.08. The zero-order chi connectivity index (χ0) is 11.4. The van der Waals surface area contributed by atoms with Gasteiger partial charge in [-0.15, -0.1) is 0 Å². The molecular formula is C12H14N4. The maximum atomic E-state index is 4.16. The summed E-state index contributed by atoms with van der Waals surface area (Å²) in [5, 5.41) is 3.31. The fourth-order valence-electron chi connectivity index (χ4n) is 1.47. The summed E-state index contributed by atoms with van der Waals surface area (Å²) in [5.74, 6) is 0.837. The van der Waals surface area contributed by atoms with Crippen molar-refractivity contribution in [2.24, 2.45) is 0 Å². The zero-order valence-corrected chi connectivity index (χ0v) is 9.38. The molecule has 2 heterocycles. The Kier molecular flexibility index (Phi) is 3.10. The van der Waals surface area contributed by atoms with Crippen LogP contribution in [-0.4, -0.2) is 15.0 Å². The normalized spacial score (nSPS) is 12.1. The van der Waals surface area contributed by atoms with Crippen molar-refractivity contribution >= 4 is 5.82 Å². The van der Waals surface area contributed by atoms with Gasteiger partial charge in [0.2, 0.25) is 0 Å². The topological polar surface area (TPSA) is 50.7 Å². The monoisotopic (exact) mass is 214 g/mol. The highest BCUT2D eigenvalue weighted by atomic mass is 15.0. The van der Waals surface area contributed by atoms with Crippen LogP contribution in [0.2, 0.25) is 0 Å². The fraction of sp³-hybridized carbons (Fsp3) is 0.250. The molecule has 4 nitrogen and oxygen atoms in total. The number of hydrogen-bond acceptors (Lipinski definition) is 4. The van der Waals surface area contributed by atoms with Crippen molar-refractivity contribution in [2.75, 3.05) is 5.32 Å². The van der Waals surface area contributed by atoms with Crippen LogP contribution in [0.1, 0.15) is 24.2 Å². The van der Waals surface area contributed by atoms with E-state index in [2.05, 4.69) is 27.2 Å². The number of pyridine rings is 1. The van der Waals surface area contributed by atoms with Crippen LogP contribution in [-0.2, 0) is 0 Å². The molecular weight excluding hydrogens is 200 g/mol. The molecule has 1 N–H and O–H groups in total. The second-order valence-electron chi connectivity index (χ2n) is 3.70. The average molecular weight is 214 g/mol. The Labute approximate surface area is 94.8 Å². The van der Waals surface area contributed by atoms with Gasteiger partial charge in [0.15, 0.2) is 0 Å². The molecule has 0 fully saturated rings. The van der Waals surface area contributed by atoms with Crippen LogP contribution in [0.15, 0.2) is 36.9 Å². The Morgan fingerprint density at radius 2 is 2.19 bits per heavy atom. The lowest BCUT2D eigenvalue weighted by molar-refractivity contribution is 0.862. The average Bonchev–Trinajstić information content (AvgIpc) is 2.30. The van der Waals surface area contributed by atoms with Gasteiger partial charge < -0.3 is 5.32 Å². The standard InChI is InChI=1S/C12H14N4/c1-9-6-12(15-8-14-9)16-10(2)11-4-3-5-13-7-11/h3-8,10H,1-2H3,(H,14,15,16). The van der Waals surface area contributed by atoms with Crippen LogP contribution in [0.25, 0.3) is 0 Å². The highest BCUT2D eigenvalue weighted by molar-refractivity contribution is 5.37. The Hall–Kier alpha value is -1.97. The van der Waals surface area contributed by atoms with E-state index in [0.717, 1.165) is 17.1 Å². The lowest BCUT2D eigenvalue weighted by atomic mass is 10.1. The highest BCUT2D eigenvalue weighted by Crippen LogP contribution is 2.16. The molecule has 0 amide bonds. The van der Waals surface area contributed by atoms with Crippen molar-refractivity contribution in [1.82, 2.24) is 15.0 Å². The Bertz CT molecular complexity index is 456. The predicted octanol–water partition coefficient (Wildman–Crippen LogP) is 2.35. The Morgan fingerprint density at radius 3 is 2.88 bits per heavy atom. The number of aryl methyl sites for hydroxylation is 1. The largest absolute Gasteiger partial charge is 0.363 e. The maximum Gasteiger partial charge on any atom is 0.130 e. The first-order valence-corrected chi connectivity index (χ1v) is 5.21. The van der Waals surface area contributed by atoms with Gasteiger partial charge in [0.05, 0.1) is 6.04 Å². The van der Waals surface area contributed by atoms with E-state index < -0.39 is 0 Å². The number of nitrogens with zero attached hydrogens (tertiary/aromatic N) is 3. The summed E-state index contributed by atoms with van der Waals surface area (Å²) >= 11 is 0. The molecule has 0 saturated heterocycles. The molecule has 0 saturated carbocycles. The van der Waals surface area contributed by atoms with E-state index in [-0.39, 0.29) is 6.04 Å². The van der Waals surface area contributed by atoms with Gasteiger partial charge in [0.1, 0.15) is 12.1 Å². The number of nitrogens with one attached hydrogen (secondary N) is 1. The van der Waals surface area contributed by atoms with Crippen molar-refractivity contribution in [3.63, 3.8) is 0 Å². The van der Waals surface area contributed by atoms with E-state index in [1.165, 1.54) is 0 Å². The molecule has 0 spiro atoms. The second-order valence-corrected chi connectivity index (χ2v) is 3.70. The first-order valence-electron chi connectivity index (χ1n) is 5.21. The molecule has 82 valence electrons. The minimum atomic E-state index is 0.183. The summed E-state index contributed by atoms with van der Waals surface area (Å²) in [5.41, 5.74) is 2.09. The molecule has 0 bridgehead atoms. The van der Waals surface area contributed by atoms with Gasteiger partial charge >= 0.3 is 0 Å². The number of rotatable bonds is 3. The summed E-state index contributed by atoms with van der Waals surface area (Å²) in [6.07, 6.45) is 5.18. The quantitative estimate of drug-likeness (QED) is 0.852. The van der Waals surface area contributed by atoms with E-state index in [4.69, 9.17) is 0 Å². The third kappa shape index (κ3) is 2.53. The van der Waals surface area contributed by atoms with Gasteiger partial charge in [0, 0.05) is 24.2 Å². The van der Waals surface area contributed by atoms with Gasteiger partial charge in [-0.3, -0.25) is 4.98 Å². The van der Waals surface area contributed by atoms with E-state index in [1.54, 1.807) is 12.5 Å². The van der Waals surface area contributed by atoms with Crippen LogP contribution in [0.3, 0.4) is 0 Å². The molecule has 16 heavy (non-hydrogen) atoms. The Balaban J connectivity index is 2.11. The third-order valence-corrected chi connectivity index (χ3v) is 2.35. The van der Waals surface area contributed by atoms with Gasteiger partial charge in [-0.25, -0.2) is 9.97 Å². The molecule has 1 atom stereocenters. The van der Waals surface area contributed by atoms with E-state index in [0.29, 0.717) is 0 Å². The molecule has 0 aliphatic rings. The first kappa shape index (κ1) is 10.5. The van der Waals surface area contributed by atoms with E-state index in [9.17, 15) is 0 Å². The van der Waals surface area contributed by atoms with Crippen LogP contribution in [0.5, 0.6) is 0 Å². The zero-order valence-electron chi connectivity index (χ0n) is 9.38. The SMILES string of the molecule is Cc1cc(NC(C)c2cccnc2)ncn1. The molecule has 4 heteroatoms. The van der Waals surface area contributed by atoms with Crippen molar-refractivity contribution in [3.05, 3.63) is 48.2 Å². The molecule has 0 aliphatic heterocycles. The molecule has 0 aromatic carbocycles. The summed E-state index contributed by atoms with van der Waals surface area (Å²) in [4.78, 5) is 12.3. The first-order chi connectivity index (χ1) is 7.75. The van der Waals surface area contributed by atoms with Gasteiger partial charge in [-0.2, -0.15) is 0 Å². The third-order valence-electron chi connectivity index (χ3n) is 2.35. The predicted molar refractivity (Wildman–Crippen MR) is 63.0 cm³/mol. The molecule has 1 unspecified atom stereocenters. The van der Waals surface area contributed by atoms with Crippen LogP contribution >= 0.6 is 0 Å². The smallest absolute Gasteiger partial charge is 0.130 e. The molecule has 2 rings (SSSR count). The van der Waals surface area contributed by atoms with Gasteiger partial charge in [0.25, 0.3) is 0 Å². The van der Waals surface area contributed by atoms with Gasteiger partial charge in [-0.1, -0.05) is 6.07 Å². The minimum absolute atomic E-state index is 0.183. The van der Waals surface area contributed by atoms with Crippen molar-refractivity contribution in [2.45, 2.75) is 19.9 Å². The second kappa shape index (κ2) is 4.70. The molecule has 2 aromatic rings. The summed E-state index contributed by atoms with van der Waals surface area (Å²) < 4.78 is 0. The lowest BCUT2D eigenvalue weighted by Crippen LogP contribution is -2.08. The number of hydrogen-bond donors (Lipinski definition) is 1. The van der Waals surface area contributed by atoms with Crippen molar-refractivity contribution in [1.29, 1.82) is 0 Å². The maximum absolute atomic E-state index is 4.16. The fourth-order valence-corrected chi connectivity index (χ4v) is 1.47. The number of aromatic nitrogens is 3. The van der Waals surface area contributed by atoms with Crippen LogP contribution < -0.4 is 5.32 Å². The molecule has 2 aromatic heterocycles. The minimum Gasteiger partial charge on any atom is -0.363 e. The highest BCUT2D eigenvalue weighted by Gasteiger charge is 2.05. The van der Waals surface area contributed by atoms with Crippen LogP contribution in [0.4, 0.5) is 5.82 Å².